The molecule has 14 nitrogen and oxygen atoms in total. The first-order chi connectivity index (χ1) is 27.0. The number of nitrogens with one attached hydrogen (secondary N) is 4. The van der Waals surface area contributed by atoms with Crippen LogP contribution in [0.4, 0.5) is 11.4 Å². The summed E-state index contributed by atoms with van der Waals surface area (Å²) in [5.74, 6) is -2.74. The van der Waals surface area contributed by atoms with E-state index in [1.54, 1.807) is 24.4 Å². The van der Waals surface area contributed by atoms with Crippen molar-refractivity contribution in [1.29, 1.82) is 0 Å². The van der Waals surface area contributed by atoms with Crippen LogP contribution in [-0.2, 0) is 32.3 Å². The van der Waals surface area contributed by atoms with E-state index in [0.29, 0.717) is 42.0 Å². The minimum Gasteiger partial charge on any atom is -0.481 e. The normalized spacial score (nSPS) is 14.7. The van der Waals surface area contributed by atoms with Gasteiger partial charge in [-0.05, 0) is 120 Å². The largest absolute Gasteiger partial charge is 0.481 e. The molecule has 2 heterocycles. The second kappa shape index (κ2) is 17.6. The third-order valence-electron chi connectivity index (χ3n) is 10.3. The number of aldehydes is 2. The Bertz CT molecular complexity index is 2180. The average molecular weight is 761 g/mol. The molecule has 2 aliphatic carbocycles. The van der Waals surface area contributed by atoms with Gasteiger partial charge in [0.25, 0.3) is 11.8 Å². The zero-order valence-electron chi connectivity index (χ0n) is 31.1. The molecule has 0 saturated heterocycles. The Kier molecular flexibility index (Phi) is 12.4. The molecule has 56 heavy (non-hydrogen) atoms. The van der Waals surface area contributed by atoms with Gasteiger partial charge in [-0.25, -0.2) is 0 Å². The lowest BCUT2D eigenvalue weighted by atomic mass is 9.94. The first-order valence-electron chi connectivity index (χ1n) is 18.6. The van der Waals surface area contributed by atoms with Gasteiger partial charge in [0.05, 0.1) is 12.5 Å². The summed E-state index contributed by atoms with van der Waals surface area (Å²) in [5.41, 5.74) is 8.47. The maximum atomic E-state index is 13.6. The molecule has 0 unspecified atom stereocenters. The van der Waals surface area contributed by atoms with Gasteiger partial charge in [0.2, 0.25) is 0 Å². The van der Waals surface area contributed by atoms with Gasteiger partial charge in [0, 0.05) is 43.3 Å². The van der Waals surface area contributed by atoms with Crippen LogP contribution in [0.15, 0.2) is 60.9 Å². The van der Waals surface area contributed by atoms with E-state index in [1.165, 1.54) is 6.20 Å². The Morgan fingerprint density at radius 2 is 1.23 bits per heavy atom. The number of carbonyl (C=O) groups is 6. The minimum absolute atomic E-state index is 0.0827. The minimum atomic E-state index is -1.26. The Morgan fingerprint density at radius 3 is 1.64 bits per heavy atom. The zero-order valence-corrected chi connectivity index (χ0v) is 31.1. The Morgan fingerprint density at radius 1 is 0.750 bits per heavy atom. The molecule has 0 bridgehead atoms. The van der Waals surface area contributed by atoms with Crippen molar-refractivity contribution in [2.24, 2.45) is 0 Å². The van der Waals surface area contributed by atoms with E-state index < -0.39 is 36.4 Å². The van der Waals surface area contributed by atoms with E-state index in [0.717, 1.165) is 64.6 Å². The SMILES string of the molecule is Cc1c(NC(=O)c2cc(C3CC3)c(CN[C@H](C=O)CC=O)cn2)cccc1-c1cccc(NC(=O)c2cc(C3CC3)c(CN[C@@H](CC(=O)O)C(=O)O)cn2)c1C. The highest BCUT2D eigenvalue weighted by Gasteiger charge is 2.30. The van der Waals surface area contributed by atoms with Crippen molar-refractivity contribution < 1.29 is 39.0 Å². The van der Waals surface area contributed by atoms with E-state index in [1.807, 2.05) is 44.2 Å². The molecule has 0 radical (unpaired) electrons. The van der Waals surface area contributed by atoms with Crippen LogP contribution in [0.3, 0.4) is 0 Å². The molecule has 0 aliphatic heterocycles. The van der Waals surface area contributed by atoms with Crippen LogP contribution in [0.1, 0.15) is 105 Å². The molecular formula is C42H44N6O8. The van der Waals surface area contributed by atoms with Gasteiger partial charge in [-0.2, -0.15) is 0 Å². The van der Waals surface area contributed by atoms with Crippen molar-refractivity contribution in [1.82, 2.24) is 20.6 Å². The van der Waals surface area contributed by atoms with Gasteiger partial charge < -0.3 is 35.8 Å². The molecule has 2 fully saturated rings. The predicted molar refractivity (Wildman–Crippen MR) is 208 cm³/mol. The number of aliphatic carboxylic acids is 2. The molecular weight excluding hydrogens is 716 g/mol. The van der Waals surface area contributed by atoms with Crippen LogP contribution in [0.25, 0.3) is 11.1 Å². The number of pyridine rings is 2. The van der Waals surface area contributed by atoms with Gasteiger partial charge in [-0.15, -0.1) is 0 Å². The van der Waals surface area contributed by atoms with Crippen molar-refractivity contribution in [2.75, 3.05) is 10.6 Å². The lowest BCUT2D eigenvalue weighted by Crippen LogP contribution is -2.38. The highest BCUT2D eigenvalue weighted by Crippen LogP contribution is 2.43. The summed E-state index contributed by atoms with van der Waals surface area (Å²) < 4.78 is 0. The van der Waals surface area contributed by atoms with Crippen LogP contribution in [-0.4, -0.2) is 68.6 Å². The second-order valence-corrected chi connectivity index (χ2v) is 14.3. The third kappa shape index (κ3) is 9.57. The van der Waals surface area contributed by atoms with Crippen LogP contribution in [0.2, 0.25) is 0 Å². The van der Waals surface area contributed by atoms with Crippen LogP contribution < -0.4 is 21.3 Å². The van der Waals surface area contributed by atoms with Crippen molar-refractivity contribution >= 4 is 47.7 Å². The zero-order chi connectivity index (χ0) is 39.9. The Labute approximate surface area is 323 Å². The molecule has 2 atom stereocenters. The lowest BCUT2D eigenvalue weighted by molar-refractivity contribution is -0.146. The Balaban J connectivity index is 1.16. The third-order valence-corrected chi connectivity index (χ3v) is 10.3. The number of anilines is 2. The summed E-state index contributed by atoms with van der Waals surface area (Å²) in [7, 11) is 0. The Hall–Kier alpha value is -6.12. The van der Waals surface area contributed by atoms with Crippen LogP contribution >= 0.6 is 0 Å². The summed E-state index contributed by atoms with van der Waals surface area (Å²) >= 11 is 0. The van der Waals surface area contributed by atoms with E-state index in [4.69, 9.17) is 5.11 Å². The number of amides is 2. The van der Waals surface area contributed by atoms with Gasteiger partial charge in [0.1, 0.15) is 30.0 Å². The summed E-state index contributed by atoms with van der Waals surface area (Å²) in [6, 6.07) is 12.9. The molecule has 2 aromatic heterocycles. The number of carbonyl (C=O) groups excluding carboxylic acids is 4. The highest BCUT2D eigenvalue weighted by molar-refractivity contribution is 6.05. The smallest absolute Gasteiger partial charge is 0.321 e. The molecule has 2 saturated carbocycles. The number of carboxylic acids is 2. The number of aromatic nitrogens is 2. The number of rotatable bonds is 19. The second-order valence-electron chi connectivity index (χ2n) is 14.3. The molecule has 0 spiro atoms. The number of nitrogens with zero attached hydrogens (tertiary/aromatic N) is 2. The van der Waals surface area contributed by atoms with Crippen LogP contribution in [0.5, 0.6) is 0 Å². The number of hydrogen-bond acceptors (Lipinski definition) is 10. The lowest BCUT2D eigenvalue weighted by Gasteiger charge is -2.18. The van der Waals surface area contributed by atoms with E-state index in [9.17, 15) is 33.9 Å². The molecule has 2 aliphatic rings. The summed E-state index contributed by atoms with van der Waals surface area (Å²) in [5, 5.41) is 30.4. The van der Waals surface area contributed by atoms with E-state index in [-0.39, 0.29) is 36.2 Å². The van der Waals surface area contributed by atoms with Gasteiger partial charge in [0.15, 0.2) is 0 Å². The summed E-state index contributed by atoms with van der Waals surface area (Å²) in [4.78, 5) is 80.8. The van der Waals surface area contributed by atoms with Crippen molar-refractivity contribution in [3.8, 4) is 11.1 Å². The van der Waals surface area contributed by atoms with Gasteiger partial charge in [-0.1, -0.05) is 24.3 Å². The molecule has 2 aromatic carbocycles. The monoisotopic (exact) mass is 760 g/mol. The van der Waals surface area contributed by atoms with Crippen molar-refractivity contribution in [2.45, 2.75) is 89.4 Å². The predicted octanol–water partition coefficient (Wildman–Crippen LogP) is 5.28. The fraction of sp³-hybridized carbons (Fsp3) is 0.333. The van der Waals surface area contributed by atoms with Crippen LogP contribution in [0, 0.1) is 13.8 Å². The highest BCUT2D eigenvalue weighted by atomic mass is 16.4. The molecule has 14 heteroatoms. The maximum Gasteiger partial charge on any atom is 0.321 e. The molecule has 6 rings (SSSR count). The fourth-order valence-corrected chi connectivity index (χ4v) is 6.78. The topological polar surface area (TPSA) is 217 Å². The van der Waals surface area contributed by atoms with Crippen molar-refractivity contribution in [3.63, 3.8) is 0 Å². The summed E-state index contributed by atoms with van der Waals surface area (Å²) in [6.45, 7) is 4.27. The average Bonchev–Trinajstić information content (AvgIpc) is 4.11. The maximum absolute atomic E-state index is 13.6. The van der Waals surface area contributed by atoms with Gasteiger partial charge >= 0.3 is 11.9 Å². The molecule has 2 amide bonds. The molecule has 290 valence electrons. The number of carboxylic acid groups (broad SMARTS) is 2. The number of benzene rings is 2. The fourth-order valence-electron chi connectivity index (χ4n) is 6.78. The van der Waals surface area contributed by atoms with Crippen molar-refractivity contribution in [3.05, 3.63) is 106 Å². The van der Waals surface area contributed by atoms with Gasteiger partial charge in [-0.3, -0.25) is 34.5 Å². The quantitative estimate of drug-likeness (QED) is 0.0673. The first-order valence-corrected chi connectivity index (χ1v) is 18.6. The molecule has 4 aromatic rings. The standard InChI is InChI=1S/C42H44N6O8/c1-23-30(5-3-7-34(23)47-40(53)36-15-32(25-9-10-25)27(19-44-36)18-43-29(22-50)13-14-49)31-6-4-8-35(24(31)2)48-41(54)37-16-33(26-11-12-26)28(20-45-37)21-46-38(42(55)56)17-39(51)52/h3-8,14-16,19-20,22,25-26,29,38,43,46H,9-13,17-18,21H2,1-2H3,(H,47,53)(H,48,54)(H,51,52)(H,55,56)/t29-,38-/m0/s1. The van der Waals surface area contributed by atoms with E-state index in [2.05, 4.69) is 31.2 Å². The summed E-state index contributed by atoms with van der Waals surface area (Å²) in [6.07, 6.45) is 7.97. The number of hydrogen-bond donors (Lipinski definition) is 6. The first kappa shape index (κ1) is 39.6. The van der Waals surface area contributed by atoms with E-state index >= 15 is 0 Å². The molecule has 6 N–H and O–H groups in total.